The molecule has 11 nitrogen and oxygen atoms in total. The number of carbonyl (C=O) groups excluding carboxylic acids is 2. The molecule has 8 unspecified atom stereocenters. The molecule has 0 aliphatic carbocycles. The van der Waals surface area contributed by atoms with Gasteiger partial charge in [0.1, 0.15) is 24.4 Å². The minimum atomic E-state index is -1.61. The van der Waals surface area contributed by atoms with Crippen LogP contribution in [0.4, 0.5) is 0 Å². The highest BCUT2D eigenvalue weighted by atomic mass is 16.7. The zero-order chi connectivity index (χ0) is 53.3. The van der Waals surface area contributed by atoms with E-state index in [0.29, 0.717) is 12.8 Å². The molecular formula is C62H117NO10. The van der Waals surface area contributed by atoms with E-state index in [1.807, 2.05) is 6.08 Å². The number of carbonyl (C=O) groups is 2. The van der Waals surface area contributed by atoms with E-state index in [0.717, 1.165) is 70.6 Å². The van der Waals surface area contributed by atoms with Gasteiger partial charge >= 0.3 is 5.97 Å². The number of amides is 1. The second kappa shape index (κ2) is 50.9. The molecule has 0 saturated carbocycles. The van der Waals surface area contributed by atoms with Crippen molar-refractivity contribution in [3.05, 3.63) is 24.3 Å². The van der Waals surface area contributed by atoms with E-state index in [1.165, 1.54) is 180 Å². The molecule has 1 amide bonds. The van der Waals surface area contributed by atoms with Crippen LogP contribution in [0.1, 0.15) is 297 Å². The smallest absolute Gasteiger partial charge is 0.306 e. The molecule has 0 aromatic heterocycles. The van der Waals surface area contributed by atoms with E-state index < -0.39 is 67.4 Å². The first-order valence-corrected chi connectivity index (χ1v) is 31.1. The molecule has 8 atom stereocenters. The molecular weight excluding hydrogens is 919 g/mol. The van der Waals surface area contributed by atoms with Crippen molar-refractivity contribution in [1.29, 1.82) is 0 Å². The Morgan fingerprint density at radius 1 is 0.521 bits per heavy atom. The molecule has 1 saturated heterocycles. The summed E-state index contributed by atoms with van der Waals surface area (Å²) in [6.07, 6.45) is 48.2. The number of allylic oxidation sites excluding steroid dienone is 3. The number of unbranched alkanes of at least 4 members (excludes halogenated alkanes) is 37. The summed E-state index contributed by atoms with van der Waals surface area (Å²) in [6.45, 7) is 5.75. The summed E-state index contributed by atoms with van der Waals surface area (Å²) >= 11 is 0. The van der Waals surface area contributed by atoms with Crippen molar-refractivity contribution in [2.24, 2.45) is 0 Å². The van der Waals surface area contributed by atoms with E-state index >= 15 is 0 Å². The van der Waals surface area contributed by atoms with Crippen molar-refractivity contribution < 1.29 is 49.3 Å². The van der Waals surface area contributed by atoms with Gasteiger partial charge in [0, 0.05) is 6.42 Å². The second-order valence-corrected chi connectivity index (χ2v) is 21.8. The Hall–Kier alpha value is -1.86. The Morgan fingerprint density at radius 3 is 1.37 bits per heavy atom. The van der Waals surface area contributed by atoms with Gasteiger partial charge in [-0.1, -0.05) is 270 Å². The predicted molar refractivity (Wildman–Crippen MR) is 301 cm³/mol. The third-order valence-corrected chi connectivity index (χ3v) is 14.9. The molecule has 6 N–H and O–H groups in total. The number of nitrogens with one attached hydrogen (secondary N) is 1. The molecule has 1 rings (SSSR count). The topological polar surface area (TPSA) is 175 Å². The number of aliphatic hydroxyl groups is 5. The van der Waals surface area contributed by atoms with Crippen LogP contribution in [-0.4, -0.2) is 99.6 Å². The number of ether oxygens (including phenoxy) is 3. The van der Waals surface area contributed by atoms with Crippen molar-refractivity contribution in [3.8, 4) is 0 Å². The largest absolute Gasteiger partial charge is 0.454 e. The van der Waals surface area contributed by atoms with Gasteiger partial charge in [0.15, 0.2) is 12.4 Å². The number of hydrogen-bond donors (Lipinski definition) is 6. The van der Waals surface area contributed by atoms with Gasteiger partial charge in [-0.15, -0.1) is 0 Å². The Morgan fingerprint density at radius 2 is 0.918 bits per heavy atom. The Balaban J connectivity index is 2.57. The molecule has 11 heteroatoms. The minimum Gasteiger partial charge on any atom is -0.454 e. The number of aliphatic hydroxyl groups excluding tert-OH is 5. The Kier molecular flexibility index (Phi) is 48.2. The Bertz CT molecular complexity index is 1280. The van der Waals surface area contributed by atoms with Gasteiger partial charge in [0.25, 0.3) is 0 Å². The number of hydrogen-bond acceptors (Lipinski definition) is 10. The van der Waals surface area contributed by atoms with Gasteiger partial charge in [-0.05, 0) is 44.9 Å². The number of rotatable bonds is 53. The van der Waals surface area contributed by atoms with Crippen molar-refractivity contribution in [2.75, 3.05) is 13.2 Å². The van der Waals surface area contributed by atoms with Crippen molar-refractivity contribution >= 4 is 11.9 Å². The standard InChI is InChI=1S/C62H117NO10/c1-4-7-10-13-16-19-22-23-24-25-26-27-28-29-30-31-32-33-35-38-41-44-47-50-57(67)73-60-59(69)58(68)56(51-64)72-62(60)71-52-53(54(65)48-45-42-39-37-34-20-17-14-11-8-5-2)63-61(70)55(66)49-46-43-40-36-21-18-15-12-9-6-3/h15,18,45,48,53-56,58-60,62,64-66,68-69H,4-14,16-17,19-44,46-47,49-52H2,1-3H3,(H,63,70)/b18-15-,48-45+. The van der Waals surface area contributed by atoms with Gasteiger partial charge in [-0.25, -0.2) is 0 Å². The lowest BCUT2D eigenvalue weighted by molar-refractivity contribution is -0.305. The molecule has 1 fully saturated rings. The van der Waals surface area contributed by atoms with Crippen molar-refractivity contribution in [2.45, 2.75) is 346 Å². The SMILES string of the molecule is CCCC/C=C\CCCCCCC(O)C(=O)NC(COC1OC(CO)C(O)C(O)C1OC(=O)CCCCCCCCCCCCCCCCCCCCCCCCC)C(O)/C=C/CCCCCCCCCCC. The predicted octanol–water partition coefficient (Wildman–Crippen LogP) is 14.5. The molecule has 1 aliphatic rings. The van der Waals surface area contributed by atoms with E-state index in [2.05, 4.69) is 38.2 Å². The third kappa shape index (κ3) is 39.2. The highest BCUT2D eigenvalue weighted by molar-refractivity contribution is 5.80. The Labute approximate surface area is 448 Å². The monoisotopic (exact) mass is 1040 g/mol. The first kappa shape index (κ1) is 69.2. The van der Waals surface area contributed by atoms with Crippen molar-refractivity contribution in [1.82, 2.24) is 5.32 Å². The fourth-order valence-electron chi connectivity index (χ4n) is 9.87. The lowest BCUT2D eigenvalue weighted by Crippen LogP contribution is -2.61. The van der Waals surface area contributed by atoms with E-state index in [-0.39, 0.29) is 19.4 Å². The van der Waals surface area contributed by atoms with E-state index in [4.69, 9.17) is 14.2 Å². The summed E-state index contributed by atoms with van der Waals surface area (Å²) < 4.78 is 17.6. The van der Waals surface area contributed by atoms with Gasteiger partial charge in [-0.3, -0.25) is 9.59 Å². The molecule has 0 spiro atoms. The minimum absolute atomic E-state index is 0.129. The summed E-state index contributed by atoms with van der Waals surface area (Å²) in [6, 6.07) is -1.02. The maximum Gasteiger partial charge on any atom is 0.306 e. The summed E-state index contributed by atoms with van der Waals surface area (Å²) in [7, 11) is 0. The molecule has 1 aliphatic heterocycles. The first-order chi connectivity index (χ1) is 35.7. The van der Waals surface area contributed by atoms with Crippen LogP contribution >= 0.6 is 0 Å². The van der Waals surface area contributed by atoms with Crippen LogP contribution in [0.25, 0.3) is 0 Å². The van der Waals surface area contributed by atoms with Crippen LogP contribution < -0.4 is 5.32 Å². The normalized spacial score (nSPS) is 19.5. The molecule has 0 aromatic carbocycles. The van der Waals surface area contributed by atoms with Crippen molar-refractivity contribution in [3.63, 3.8) is 0 Å². The zero-order valence-corrected chi connectivity index (χ0v) is 47.5. The summed E-state index contributed by atoms with van der Waals surface area (Å²) in [4.78, 5) is 26.4. The van der Waals surface area contributed by atoms with Crippen LogP contribution in [0.3, 0.4) is 0 Å². The summed E-state index contributed by atoms with van der Waals surface area (Å²) in [5.41, 5.74) is 0. The van der Waals surface area contributed by atoms with Crippen LogP contribution in [0.2, 0.25) is 0 Å². The fraction of sp³-hybridized carbons (Fsp3) is 0.903. The van der Waals surface area contributed by atoms with Gasteiger partial charge in [0.05, 0.1) is 25.4 Å². The maximum absolute atomic E-state index is 13.3. The highest BCUT2D eigenvalue weighted by Crippen LogP contribution is 2.26. The quantitative estimate of drug-likeness (QED) is 0.0195. The van der Waals surface area contributed by atoms with Crippen LogP contribution in [0, 0.1) is 0 Å². The van der Waals surface area contributed by atoms with Crippen LogP contribution in [-0.2, 0) is 23.8 Å². The molecule has 73 heavy (non-hydrogen) atoms. The maximum atomic E-state index is 13.3. The molecule has 0 aromatic rings. The average Bonchev–Trinajstić information content (AvgIpc) is 3.39. The highest BCUT2D eigenvalue weighted by Gasteiger charge is 2.47. The van der Waals surface area contributed by atoms with Crippen LogP contribution in [0.5, 0.6) is 0 Å². The van der Waals surface area contributed by atoms with Gasteiger partial charge < -0.3 is 45.1 Å². The number of esters is 1. The zero-order valence-electron chi connectivity index (χ0n) is 47.5. The summed E-state index contributed by atoms with van der Waals surface area (Å²) in [5, 5.41) is 56.8. The summed E-state index contributed by atoms with van der Waals surface area (Å²) in [5.74, 6) is -1.19. The molecule has 1 heterocycles. The average molecular weight is 1040 g/mol. The third-order valence-electron chi connectivity index (χ3n) is 14.9. The van der Waals surface area contributed by atoms with Gasteiger partial charge in [0.2, 0.25) is 5.91 Å². The molecule has 430 valence electrons. The lowest BCUT2D eigenvalue weighted by Gasteiger charge is -2.41. The van der Waals surface area contributed by atoms with Crippen LogP contribution in [0.15, 0.2) is 24.3 Å². The van der Waals surface area contributed by atoms with E-state index in [1.54, 1.807) is 6.08 Å². The van der Waals surface area contributed by atoms with E-state index in [9.17, 15) is 35.1 Å². The second-order valence-electron chi connectivity index (χ2n) is 21.8. The lowest BCUT2D eigenvalue weighted by atomic mass is 9.99. The molecule has 0 radical (unpaired) electrons. The van der Waals surface area contributed by atoms with Gasteiger partial charge in [-0.2, -0.15) is 0 Å². The first-order valence-electron chi connectivity index (χ1n) is 31.1. The molecule has 0 bridgehead atoms. The fourth-order valence-corrected chi connectivity index (χ4v) is 9.87.